The van der Waals surface area contributed by atoms with E-state index in [9.17, 15) is 0 Å². The quantitative estimate of drug-likeness (QED) is 0.455. The van der Waals surface area contributed by atoms with Crippen LogP contribution in [0.4, 0.5) is 0 Å². The third-order valence-electron chi connectivity index (χ3n) is 3.16. The van der Waals surface area contributed by atoms with Gasteiger partial charge in [-0.1, -0.05) is 39.5 Å². The van der Waals surface area contributed by atoms with E-state index in [0.29, 0.717) is 10.4 Å². The second-order valence-electron chi connectivity index (χ2n) is 4.48. The minimum atomic E-state index is 0.372. The van der Waals surface area contributed by atoms with Crippen molar-refractivity contribution in [1.29, 1.82) is 0 Å². The Balaban J connectivity index is 4.00. The molecule has 2 heteroatoms. The molecule has 0 aromatic carbocycles. The molecule has 0 aromatic heterocycles. The van der Waals surface area contributed by atoms with Crippen LogP contribution in [0, 0.1) is 0 Å². The van der Waals surface area contributed by atoms with E-state index in [1.807, 2.05) is 0 Å². The lowest BCUT2D eigenvalue weighted by atomic mass is 9.92. The van der Waals surface area contributed by atoms with Gasteiger partial charge < -0.3 is 0 Å². The molecule has 0 aliphatic heterocycles. The maximum absolute atomic E-state index is 6.29. The van der Waals surface area contributed by atoms with Crippen molar-refractivity contribution in [2.75, 3.05) is 0 Å². The van der Waals surface area contributed by atoms with Gasteiger partial charge in [0.1, 0.15) is 0 Å². The van der Waals surface area contributed by atoms with Crippen LogP contribution in [0.5, 0.6) is 0 Å². The molecule has 0 aliphatic rings. The van der Waals surface area contributed by atoms with Gasteiger partial charge in [0, 0.05) is 15.6 Å². The first kappa shape index (κ1) is 13.5. The average Bonchev–Trinajstić information content (AvgIpc) is 2.11. The van der Waals surface area contributed by atoms with Crippen molar-refractivity contribution in [1.82, 2.24) is 0 Å². The SMILES string of the molecule is CCCCC([SiH3])(CCCC)C(C)Cl. The molecule has 0 heterocycles. The third-order valence-corrected chi connectivity index (χ3v) is 5.92. The maximum atomic E-state index is 6.29. The van der Waals surface area contributed by atoms with Crippen LogP contribution < -0.4 is 0 Å². The maximum Gasteiger partial charge on any atom is 0.0331 e. The third kappa shape index (κ3) is 5.07. The smallest absolute Gasteiger partial charge is 0.0331 e. The van der Waals surface area contributed by atoms with Crippen molar-refractivity contribution in [2.45, 2.75) is 69.7 Å². The van der Waals surface area contributed by atoms with Crippen molar-refractivity contribution < 1.29 is 0 Å². The van der Waals surface area contributed by atoms with E-state index in [-0.39, 0.29) is 0 Å². The molecule has 0 bridgehead atoms. The van der Waals surface area contributed by atoms with E-state index >= 15 is 0 Å². The van der Waals surface area contributed by atoms with Crippen LogP contribution in [-0.2, 0) is 0 Å². The van der Waals surface area contributed by atoms with E-state index in [1.54, 1.807) is 0 Å². The number of unbranched alkanes of at least 4 members (excludes halogenated alkanes) is 2. The zero-order chi connectivity index (χ0) is 10.3. The lowest BCUT2D eigenvalue weighted by Crippen LogP contribution is -2.22. The summed E-state index contributed by atoms with van der Waals surface area (Å²) in [5.41, 5.74) is 0. The Morgan fingerprint density at radius 2 is 1.54 bits per heavy atom. The Kier molecular flexibility index (Phi) is 7.16. The fraction of sp³-hybridized carbons (Fsp3) is 1.00. The molecule has 0 nitrogen and oxygen atoms in total. The summed E-state index contributed by atoms with van der Waals surface area (Å²) in [7, 11) is 1.25. The Bertz CT molecular complexity index is 115. The monoisotopic (exact) mass is 220 g/mol. The zero-order valence-corrected chi connectivity index (χ0v) is 12.5. The molecule has 0 rings (SSSR count). The summed E-state index contributed by atoms with van der Waals surface area (Å²) in [6.07, 6.45) is 8.01. The Hall–Kier alpha value is 0.507. The van der Waals surface area contributed by atoms with Gasteiger partial charge in [-0.25, -0.2) is 0 Å². The summed E-state index contributed by atoms with van der Waals surface area (Å²) in [6.45, 7) is 6.71. The van der Waals surface area contributed by atoms with E-state index in [0.717, 1.165) is 0 Å². The first-order chi connectivity index (χ1) is 6.06. The first-order valence-corrected chi connectivity index (χ1v) is 7.14. The van der Waals surface area contributed by atoms with Crippen molar-refractivity contribution in [3.8, 4) is 0 Å². The predicted molar refractivity (Wildman–Crippen MR) is 67.0 cm³/mol. The first-order valence-electron chi connectivity index (χ1n) is 5.71. The summed E-state index contributed by atoms with van der Waals surface area (Å²) in [6, 6.07) is 0. The van der Waals surface area contributed by atoms with E-state index in [4.69, 9.17) is 11.6 Å². The molecule has 0 amide bonds. The second-order valence-corrected chi connectivity index (χ2v) is 7.12. The van der Waals surface area contributed by atoms with Gasteiger partial charge in [0.15, 0.2) is 0 Å². The molecule has 0 fully saturated rings. The molecule has 1 unspecified atom stereocenters. The molecule has 0 N–H and O–H groups in total. The van der Waals surface area contributed by atoms with Gasteiger partial charge in [0.05, 0.1) is 0 Å². The summed E-state index contributed by atoms with van der Waals surface area (Å²) >= 11 is 6.29. The molecule has 0 radical (unpaired) electrons. The van der Waals surface area contributed by atoms with Crippen LogP contribution in [0.2, 0.25) is 5.04 Å². The zero-order valence-electron chi connectivity index (χ0n) is 9.70. The van der Waals surface area contributed by atoms with Crippen LogP contribution >= 0.6 is 11.6 Å². The van der Waals surface area contributed by atoms with Gasteiger partial charge in [0.25, 0.3) is 0 Å². The Labute approximate surface area is 91.9 Å². The van der Waals surface area contributed by atoms with Gasteiger partial charge in [-0.2, -0.15) is 0 Å². The standard InChI is InChI=1S/C11H25ClSi/c1-4-6-8-11(13,10(3)12)9-7-5-2/h10H,4-9H2,1-3,13H3. The van der Waals surface area contributed by atoms with Crippen LogP contribution in [0.1, 0.15) is 59.3 Å². The summed E-state index contributed by atoms with van der Waals surface area (Å²) in [5, 5.41) is 0.880. The fourth-order valence-electron chi connectivity index (χ4n) is 1.68. The van der Waals surface area contributed by atoms with Gasteiger partial charge >= 0.3 is 0 Å². The highest BCUT2D eigenvalue weighted by Gasteiger charge is 2.28. The molecular formula is C11H25ClSi. The highest BCUT2D eigenvalue weighted by atomic mass is 35.5. The van der Waals surface area contributed by atoms with Crippen LogP contribution in [-0.4, -0.2) is 15.6 Å². The molecule has 13 heavy (non-hydrogen) atoms. The van der Waals surface area contributed by atoms with Crippen LogP contribution in [0.25, 0.3) is 0 Å². The number of hydrogen-bond donors (Lipinski definition) is 0. The fourth-order valence-corrected chi connectivity index (χ4v) is 2.61. The molecule has 0 aliphatic carbocycles. The molecule has 0 spiro atoms. The van der Waals surface area contributed by atoms with Gasteiger partial charge in [-0.15, -0.1) is 11.6 Å². The van der Waals surface area contributed by atoms with E-state index < -0.39 is 0 Å². The predicted octanol–water partition coefficient (Wildman–Crippen LogP) is 3.52. The molecule has 0 saturated carbocycles. The minimum absolute atomic E-state index is 0.372. The number of alkyl halides is 1. The van der Waals surface area contributed by atoms with Gasteiger partial charge in [0.2, 0.25) is 0 Å². The minimum Gasteiger partial charge on any atom is -0.123 e. The van der Waals surface area contributed by atoms with Crippen molar-refractivity contribution in [2.24, 2.45) is 0 Å². The summed E-state index contributed by atoms with van der Waals surface area (Å²) < 4.78 is 0. The second kappa shape index (κ2) is 6.89. The van der Waals surface area contributed by atoms with Crippen LogP contribution in [0.15, 0.2) is 0 Å². The highest BCUT2D eigenvalue weighted by molar-refractivity contribution is 6.28. The number of halogens is 1. The molecule has 80 valence electrons. The molecule has 1 atom stereocenters. The van der Waals surface area contributed by atoms with E-state index in [1.165, 1.54) is 48.8 Å². The Morgan fingerprint density at radius 1 is 1.15 bits per heavy atom. The lowest BCUT2D eigenvalue weighted by Gasteiger charge is -2.32. The largest absolute Gasteiger partial charge is 0.123 e. The van der Waals surface area contributed by atoms with Crippen molar-refractivity contribution in [3.63, 3.8) is 0 Å². The average molecular weight is 221 g/mol. The van der Waals surface area contributed by atoms with Crippen LogP contribution in [0.3, 0.4) is 0 Å². The molecular weight excluding hydrogens is 196 g/mol. The van der Waals surface area contributed by atoms with Crippen molar-refractivity contribution >= 4 is 21.8 Å². The highest BCUT2D eigenvalue weighted by Crippen LogP contribution is 2.41. The number of hydrogen-bond acceptors (Lipinski definition) is 0. The summed E-state index contributed by atoms with van der Waals surface area (Å²) in [5.74, 6) is 0. The normalized spacial score (nSPS) is 14.8. The topological polar surface area (TPSA) is 0 Å². The lowest BCUT2D eigenvalue weighted by molar-refractivity contribution is 0.436. The van der Waals surface area contributed by atoms with Crippen molar-refractivity contribution in [3.05, 3.63) is 0 Å². The number of rotatable bonds is 7. The van der Waals surface area contributed by atoms with Gasteiger partial charge in [-0.3, -0.25) is 0 Å². The summed E-state index contributed by atoms with van der Waals surface area (Å²) in [4.78, 5) is 0. The Morgan fingerprint density at radius 3 is 1.77 bits per heavy atom. The molecule has 0 aromatic rings. The van der Waals surface area contributed by atoms with Gasteiger partial charge in [-0.05, 0) is 24.8 Å². The molecule has 0 saturated heterocycles. The van der Waals surface area contributed by atoms with E-state index in [2.05, 4.69) is 20.8 Å².